The van der Waals surface area contributed by atoms with Crippen molar-refractivity contribution in [3.8, 4) is 0 Å². The molecule has 2 aliphatic heterocycles. The Balaban J connectivity index is 1.69. The van der Waals surface area contributed by atoms with E-state index in [2.05, 4.69) is 22.2 Å². The molecule has 0 radical (unpaired) electrons. The molecule has 3 heterocycles. The smallest absolute Gasteiger partial charge is 0.115 e. The molecule has 18 heavy (non-hydrogen) atoms. The molecule has 2 bridgehead atoms. The number of nitrogens with zero attached hydrogens (tertiary/aromatic N) is 2. The highest BCUT2D eigenvalue weighted by Gasteiger charge is 2.70. The Hall–Kier alpha value is -1.00. The summed E-state index contributed by atoms with van der Waals surface area (Å²) in [6.45, 7) is 3.40. The summed E-state index contributed by atoms with van der Waals surface area (Å²) in [5.41, 5.74) is 1.25. The number of nitrogens with one attached hydrogen (secondary N) is 1. The van der Waals surface area contributed by atoms with Crippen molar-refractivity contribution in [1.29, 1.82) is 0 Å². The quantitative estimate of drug-likeness (QED) is 0.865. The maximum Gasteiger partial charge on any atom is 0.115 e. The lowest BCUT2D eigenvalue weighted by Gasteiger charge is -2.27. The SMILES string of the molecule is CNC[C@@H]1[C@@H](c2cncnc2)[C@H]2O[C@@H]1C1C(C)C12. The first-order chi connectivity index (χ1) is 8.83. The van der Waals surface area contributed by atoms with Gasteiger partial charge in [-0.25, -0.2) is 9.97 Å². The molecule has 0 amide bonds. The van der Waals surface area contributed by atoms with Crippen LogP contribution in [0.15, 0.2) is 18.7 Å². The van der Waals surface area contributed by atoms with E-state index >= 15 is 0 Å². The minimum Gasteiger partial charge on any atom is -0.373 e. The van der Waals surface area contributed by atoms with Gasteiger partial charge in [0.05, 0.1) is 12.2 Å². The molecule has 4 rings (SSSR count). The zero-order valence-corrected chi connectivity index (χ0v) is 10.8. The topological polar surface area (TPSA) is 47.0 Å². The van der Waals surface area contributed by atoms with Gasteiger partial charge in [-0.3, -0.25) is 0 Å². The van der Waals surface area contributed by atoms with E-state index in [0.717, 1.165) is 24.3 Å². The summed E-state index contributed by atoms with van der Waals surface area (Å²) in [4.78, 5) is 8.36. The Morgan fingerprint density at radius 1 is 1.22 bits per heavy atom. The molecular formula is C14H19N3O. The van der Waals surface area contributed by atoms with Gasteiger partial charge in [0.2, 0.25) is 0 Å². The van der Waals surface area contributed by atoms with Crippen molar-refractivity contribution < 1.29 is 4.74 Å². The van der Waals surface area contributed by atoms with Crippen molar-refractivity contribution in [1.82, 2.24) is 15.3 Å². The van der Waals surface area contributed by atoms with E-state index in [1.54, 1.807) is 6.33 Å². The van der Waals surface area contributed by atoms with Gasteiger partial charge in [-0.2, -0.15) is 0 Å². The number of fused-ring (bicyclic) bond motifs is 5. The first-order valence-electron chi connectivity index (χ1n) is 6.88. The summed E-state index contributed by atoms with van der Waals surface area (Å²) < 4.78 is 6.24. The average molecular weight is 245 g/mol. The van der Waals surface area contributed by atoms with E-state index < -0.39 is 0 Å². The molecule has 7 atom stereocenters. The summed E-state index contributed by atoms with van der Waals surface area (Å²) in [6, 6.07) is 0. The molecule has 4 heteroatoms. The first-order valence-corrected chi connectivity index (χ1v) is 6.88. The third kappa shape index (κ3) is 1.28. The summed E-state index contributed by atoms with van der Waals surface area (Å²) >= 11 is 0. The molecule has 1 aromatic heterocycles. The predicted molar refractivity (Wildman–Crippen MR) is 67.0 cm³/mol. The molecular weight excluding hydrogens is 226 g/mol. The largest absolute Gasteiger partial charge is 0.373 e. The van der Waals surface area contributed by atoms with Crippen LogP contribution < -0.4 is 5.32 Å². The Morgan fingerprint density at radius 3 is 2.67 bits per heavy atom. The van der Waals surface area contributed by atoms with Gasteiger partial charge in [0.1, 0.15) is 6.33 Å². The predicted octanol–water partition coefficient (Wildman–Crippen LogP) is 1.06. The molecule has 0 aromatic carbocycles. The molecule has 1 N–H and O–H groups in total. The fourth-order valence-electron chi connectivity index (χ4n) is 4.48. The van der Waals surface area contributed by atoms with Crippen LogP contribution in [0.1, 0.15) is 18.4 Å². The van der Waals surface area contributed by atoms with E-state index in [4.69, 9.17) is 4.74 Å². The van der Waals surface area contributed by atoms with Gasteiger partial charge in [0.25, 0.3) is 0 Å². The van der Waals surface area contributed by atoms with Gasteiger partial charge in [0.15, 0.2) is 0 Å². The molecule has 0 spiro atoms. The van der Waals surface area contributed by atoms with Gasteiger partial charge in [-0.15, -0.1) is 0 Å². The van der Waals surface area contributed by atoms with Crippen LogP contribution in [-0.4, -0.2) is 35.8 Å². The Bertz CT molecular complexity index is 452. The lowest BCUT2D eigenvalue weighted by atomic mass is 9.76. The highest BCUT2D eigenvalue weighted by Crippen LogP contribution is 2.67. The average Bonchev–Trinajstić information content (AvgIpc) is 2.80. The molecule has 2 saturated heterocycles. The van der Waals surface area contributed by atoms with Gasteiger partial charge in [-0.1, -0.05) is 6.92 Å². The molecule has 4 nitrogen and oxygen atoms in total. The second-order valence-electron chi connectivity index (χ2n) is 6.00. The molecule has 3 aliphatic rings. The Morgan fingerprint density at radius 2 is 1.94 bits per heavy atom. The first kappa shape index (κ1) is 10.9. The number of rotatable bonds is 3. The van der Waals surface area contributed by atoms with Crippen LogP contribution >= 0.6 is 0 Å². The molecule has 3 unspecified atom stereocenters. The standard InChI is InChI=1S/C14H19N3O/c1-7-10-11(7)14-12(8-3-16-6-17-4-8)9(5-15-2)13(10)18-14/h3-4,6-7,9-15H,5H2,1-2H3/t7?,9-,10?,11?,12-,13+,14+/m1/s1. The zero-order chi connectivity index (χ0) is 12.3. The van der Waals surface area contributed by atoms with E-state index in [0.29, 0.717) is 24.0 Å². The van der Waals surface area contributed by atoms with Crippen molar-refractivity contribution in [2.75, 3.05) is 13.6 Å². The maximum absolute atomic E-state index is 6.24. The van der Waals surface area contributed by atoms with Crippen LogP contribution in [0.5, 0.6) is 0 Å². The van der Waals surface area contributed by atoms with E-state index in [1.165, 1.54) is 5.56 Å². The second kappa shape index (κ2) is 3.75. The minimum absolute atomic E-state index is 0.402. The maximum atomic E-state index is 6.24. The lowest BCUT2D eigenvalue weighted by molar-refractivity contribution is 0.0495. The fraction of sp³-hybridized carbons (Fsp3) is 0.714. The zero-order valence-electron chi connectivity index (χ0n) is 10.8. The van der Waals surface area contributed by atoms with Crippen molar-refractivity contribution in [3.05, 3.63) is 24.3 Å². The van der Waals surface area contributed by atoms with Crippen molar-refractivity contribution in [3.63, 3.8) is 0 Å². The monoisotopic (exact) mass is 245 g/mol. The third-order valence-corrected chi connectivity index (χ3v) is 5.23. The van der Waals surface area contributed by atoms with Gasteiger partial charge in [0, 0.05) is 30.8 Å². The van der Waals surface area contributed by atoms with Crippen LogP contribution in [0, 0.1) is 23.7 Å². The Labute approximate surface area is 107 Å². The summed E-state index contributed by atoms with van der Waals surface area (Å²) in [5.74, 6) is 3.51. The van der Waals surface area contributed by atoms with Crippen molar-refractivity contribution >= 4 is 0 Å². The van der Waals surface area contributed by atoms with Crippen LogP contribution in [0.2, 0.25) is 0 Å². The summed E-state index contributed by atoms with van der Waals surface area (Å²) in [5, 5.41) is 3.33. The summed E-state index contributed by atoms with van der Waals surface area (Å²) in [7, 11) is 2.03. The van der Waals surface area contributed by atoms with Crippen LogP contribution in [0.4, 0.5) is 0 Å². The van der Waals surface area contributed by atoms with Crippen molar-refractivity contribution in [2.24, 2.45) is 23.7 Å². The van der Waals surface area contributed by atoms with E-state index in [-0.39, 0.29) is 0 Å². The van der Waals surface area contributed by atoms with Gasteiger partial charge in [-0.05, 0) is 30.4 Å². The van der Waals surface area contributed by atoms with Gasteiger partial charge >= 0.3 is 0 Å². The Kier molecular flexibility index (Phi) is 2.26. The molecule has 3 fully saturated rings. The molecule has 1 aliphatic carbocycles. The number of aromatic nitrogens is 2. The lowest BCUT2D eigenvalue weighted by Crippen LogP contribution is -2.34. The van der Waals surface area contributed by atoms with Crippen LogP contribution in [-0.2, 0) is 4.74 Å². The third-order valence-electron chi connectivity index (χ3n) is 5.23. The summed E-state index contributed by atoms with van der Waals surface area (Å²) in [6.07, 6.45) is 6.39. The van der Waals surface area contributed by atoms with Gasteiger partial charge < -0.3 is 10.1 Å². The number of hydrogen-bond acceptors (Lipinski definition) is 4. The van der Waals surface area contributed by atoms with E-state index in [9.17, 15) is 0 Å². The highest BCUT2D eigenvalue weighted by atomic mass is 16.5. The number of hydrogen-bond donors (Lipinski definition) is 1. The van der Waals surface area contributed by atoms with Crippen LogP contribution in [0.3, 0.4) is 0 Å². The minimum atomic E-state index is 0.402. The molecule has 1 saturated carbocycles. The molecule has 96 valence electrons. The second-order valence-corrected chi connectivity index (χ2v) is 6.00. The fourth-order valence-corrected chi connectivity index (χ4v) is 4.48. The number of ether oxygens (including phenoxy) is 1. The van der Waals surface area contributed by atoms with Crippen LogP contribution in [0.25, 0.3) is 0 Å². The normalized spacial score (nSPS) is 48.2. The van der Waals surface area contributed by atoms with E-state index in [1.807, 2.05) is 19.4 Å². The van der Waals surface area contributed by atoms with Crippen molar-refractivity contribution in [2.45, 2.75) is 25.0 Å². The highest BCUT2D eigenvalue weighted by molar-refractivity contribution is 5.27. The molecule has 1 aromatic rings.